The Morgan fingerprint density at radius 1 is 0.967 bits per heavy atom. The predicted molar refractivity (Wildman–Crippen MR) is 113 cm³/mol. The summed E-state index contributed by atoms with van der Waals surface area (Å²) in [6, 6.07) is 7.76. The Kier molecular flexibility index (Phi) is 5.03. The van der Waals surface area contributed by atoms with Crippen molar-refractivity contribution in [2.75, 3.05) is 5.32 Å². The molecule has 6 rings (SSSR count). The number of nitrogens with one attached hydrogen (secondary N) is 3. The van der Waals surface area contributed by atoms with E-state index in [4.69, 9.17) is 0 Å². The summed E-state index contributed by atoms with van der Waals surface area (Å²) in [5, 5.41) is 2.92. The third kappa shape index (κ3) is 3.96. The summed E-state index contributed by atoms with van der Waals surface area (Å²) in [5.74, 6) is 1.87. The van der Waals surface area contributed by atoms with E-state index in [1.807, 2.05) is 24.3 Å². The topological polar surface area (TPSA) is 87.3 Å². The molecule has 6 nitrogen and oxygen atoms in total. The Morgan fingerprint density at radius 2 is 1.60 bits per heavy atom. The maximum absolute atomic E-state index is 12.5. The maximum atomic E-state index is 12.5. The quantitative estimate of drug-likeness (QED) is 0.652. The summed E-state index contributed by atoms with van der Waals surface area (Å²) in [6.45, 7) is 0. The van der Waals surface area contributed by atoms with Crippen LogP contribution in [-0.2, 0) is 20.8 Å². The highest BCUT2D eigenvalue weighted by Gasteiger charge is 2.51. The van der Waals surface area contributed by atoms with Gasteiger partial charge >= 0.3 is 0 Å². The van der Waals surface area contributed by atoms with Crippen molar-refractivity contribution in [2.45, 2.75) is 64.2 Å². The Hall–Kier alpha value is -2.37. The van der Waals surface area contributed by atoms with Gasteiger partial charge in [0, 0.05) is 24.4 Å². The van der Waals surface area contributed by atoms with E-state index in [0.717, 1.165) is 29.0 Å². The highest BCUT2D eigenvalue weighted by Crippen LogP contribution is 2.61. The number of hydrogen-bond acceptors (Lipinski definition) is 3. The van der Waals surface area contributed by atoms with E-state index in [2.05, 4.69) is 16.2 Å². The predicted octanol–water partition coefficient (Wildman–Crippen LogP) is 3.33. The minimum atomic E-state index is -0.236. The van der Waals surface area contributed by atoms with Crippen LogP contribution < -0.4 is 16.2 Å². The van der Waals surface area contributed by atoms with E-state index in [9.17, 15) is 14.4 Å². The van der Waals surface area contributed by atoms with Crippen LogP contribution in [0.3, 0.4) is 0 Å². The van der Waals surface area contributed by atoms with Crippen LogP contribution in [0.15, 0.2) is 24.3 Å². The zero-order valence-electron chi connectivity index (χ0n) is 17.4. The van der Waals surface area contributed by atoms with E-state index in [1.54, 1.807) is 0 Å². The third-order valence-corrected chi connectivity index (χ3v) is 7.87. The fourth-order valence-electron chi connectivity index (χ4n) is 7.04. The molecule has 1 unspecified atom stereocenters. The van der Waals surface area contributed by atoms with Crippen LogP contribution in [-0.4, -0.2) is 17.7 Å². The lowest BCUT2D eigenvalue weighted by Crippen LogP contribution is -2.50. The van der Waals surface area contributed by atoms with Gasteiger partial charge in [0.15, 0.2) is 0 Å². The van der Waals surface area contributed by atoms with Gasteiger partial charge in [-0.3, -0.25) is 25.2 Å². The second-order valence-electron chi connectivity index (χ2n) is 10.3. The molecule has 0 aromatic heterocycles. The van der Waals surface area contributed by atoms with E-state index < -0.39 is 0 Å². The number of anilines is 1. The first-order chi connectivity index (χ1) is 14.5. The van der Waals surface area contributed by atoms with Gasteiger partial charge in [-0.1, -0.05) is 18.2 Å². The van der Waals surface area contributed by atoms with E-state index >= 15 is 0 Å². The van der Waals surface area contributed by atoms with Crippen LogP contribution >= 0.6 is 0 Å². The van der Waals surface area contributed by atoms with E-state index in [1.165, 1.54) is 38.5 Å². The Balaban J connectivity index is 1.07. The van der Waals surface area contributed by atoms with Gasteiger partial charge < -0.3 is 5.32 Å². The number of amides is 3. The Bertz CT molecular complexity index is 830. The zero-order valence-corrected chi connectivity index (χ0v) is 17.4. The van der Waals surface area contributed by atoms with Crippen molar-refractivity contribution in [3.05, 3.63) is 29.8 Å². The monoisotopic (exact) mass is 409 g/mol. The summed E-state index contributed by atoms with van der Waals surface area (Å²) in [4.78, 5) is 37.1. The third-order valence-electron chi connectivity index (χ3n) is 7.87. The van der Waals surface area contributed by atoms with E-state index in [-0.39, 0.29) is 35.5 Å². The molecule has 5 aliphatic rings. The van der Waals surface area contributed by atoms with Crippen molar-refractivity contribution in [1.82, 2.24) is 10.9 Å². The van der Waals surface area contributed by atoms with Crippen LogP contribution in [0.2, 0.25) is 0 Å². The number of benzene rings is 1. The van der Waals surface area contributed by atoms with Gasteiger partial charge in [0.25, 0.3) is 0 Å². The first-order valence-corrected chi connectivity index (χ1v) is 11.4. The molecule has 30 heavy (non-hydrogen) atoms. The average Bonchev–Trinajstić information content (AvgIpc) is 2.69. The number of carbonyl (C=O) groups is 3. The molecular formula is C24H31N3O3. The lowest BCUT2D eigenvalue weighted by molar-refractivity contribution is -0.134. The van der Waals surface area contributed by atoms with Crippen molar-refractivity contribution < 1.29 is 14.4 Å². The molecule has 4 saturated carbocycles. The van der Waals surface area contributed by atoms with Gasteiger partial charge in [-0.2, -0.15) is 0 Å². The van der Waals surface area contributed by atoms with Crippen LogP contribution in [0, 0.1) is 29.1 Å². The number of fused-ring (bicyclic) bond motifs is 1. The molecule has 0 radical (unpaired) electrons. The number of rotatable bonds is 5. The van der Waals surface area contributed by atoms with Gasteiger partial charge in [-0.05, 0) is 86.2 Å². The molecule has 1 atom stereocenters. The molecule has 3 amide bonds. The minimum absolute atomic E-state index is 0.0349. The molecule has 6 heteroatoms. The lowest BCUT2D eigenvalue weighted by Gasteiger charge is -2.56. The molecule has 1 heterocycles. The van der Waals surface area contributed by atoms with Gasteiger partial charge in [0.2, 0.25) is 17.7 Å². The molecule has 3 N–H and O–H groups in total. The van der Waals surface area contributed by atoms with Crippen molar-refractivity contribution in [2.24, 2.45) is 29.1 Å². The van der Waals surface area contributed by atoms with E-state index in [0.29, 0.717) is 19.3 Å². The summed E-state index contributed by atoms with van der Waals surface area (Å²) in [7, 11) is 0. The molecule has 1 aromatic carbocycles. The maximum Gasteiger partial charge on any atom is 0.238 e. The fourth-order valence-corrected chi connectivity index (χ4v) is 7.04. The van der Waals surface area contributed by atoms with Gasteiger partial charge in [-0.25, -0.2) is 0 Å². The van der Waals surface area contributed by atoms with Crippen LogP contribution in [0.4, 0.5) is 5.69 Å². The smallest absolute Gasteiger partial charge is 0.238 e. The highest BCUT2D eigenvalue weighted by molar-refractivity contribution is 5.96. The summed E-state index contributed by atoms with van der Waals surface area (Å²) >= 11 is 0. The molecule has 4 aliphatic carbocycles. The highest BCUT2D eigenvalue weighted by atomic mass is 16.2. The van der Waals surface area contributed by atoms with Crippen LogP contribution in [0.25, 0.3) is 0 Å². The Labute approximate surface area is 177 Å². The zero-order chi connectivity index (χ0) is 20.7. The van der Waals surface area contributed by atoms with Crippen LogP contribution in [0.5, 0.6) is 0 Å². The standard InChI is InChI=1S/C24H31N3O3/c28-21(6-5-19-10-18-3-1-2-4-20(18)25-23(19)30)26-27-22(29)14-24-11-15-7-16(12-24)9-17(8-15)13-24/h1-4,15-17,19H,5-14H2,(H,25,30)(H,26,28)(H,27,29). The summed E-state index contributed by atoms with van der Waals surface area (Å²) in [6.07, 6.45) is 9.47. The SMILES string of the molecule is O=C(CCC1Cc2ccccc2NC1=O)NNC(=O)CC12CC3CC(CC(C3)C1)C2. The summed E-state index contributed by atoms with van der Waals surface area (Å²) in [5.41, 5.74) is 7.33. The van der Waals surface area contributed by atoms with Gasteiger partial charge in [-0.15, -0.1) is 0 Å². The van der Waals surface area contributed by atoms with Gasteiger partial charge in [0.05, 0.1) is 0 Å². The molecular weight excluding hydrogens is 378 g/mol. The number of hydrazine groups is 1. The number of carbonyl (C=O) groups excluding carboxylic acids is 3. The molecule has 4 bridgehead atoms. The second kappa shape index (κ2) is 7.71. The van der Waals surface area contributed by atoms with Crippen LogP contribution in [0.1, 0.15) is 63.4 Å². The average molecular weight is 410 g/mol. The molecule has 1 aliphatic heterocycles. The molecule has 1 aromatic rings. The number of hydrogen-bond donors (Lipinski definition) is 3. The summed E-state index contributed by atoms with van der Waals surface area (Å²) < 4.78 is 0. The molecule has 0 spiro atoms. The largest absolute Gasteiger partial charge is 0.326 e. The normalized spacial score (nSPS) is 33.5. The second-order valence-corrected chi connectivity index (χ2v) is 10.3. The lowest BCUT2D eigenvalue weighted by atomic mass is 9.49. The fraction of sp³-hybridized carbons (Fsp3) is 0.625. The first kappa shape index (κ1) is 19.6. The Morgan fingerprint density at radius 3 is 2.30 bits per heavy atom. The van der Waals surface area contributed by atoms with Crippen molar-refractivity contribution in [3.8, 4) is 0 Å². The van der Waals surface area contributed by atoms with Crippen molar-refractivity contribution >= 4 is 23.4 Å². The molecule has 0 saturated heterocycles. The first-order valence-electron chi connectivity index (χ1n) is 11.4. The number of para-hydroxylation sites is 1. The molecule has 4 fully saturated rings. The minimum Gasteiger partial charge on any atom is -0.326 e. The van der Waals surface area contributed by atoms with Crippen molar-refractivity contribution in [1.29, 1.82) is 0 Å². The van der Waals surface area contributed by atoms with Gasteiger partial charge in [0.1, 0.15) is 0 Å². The van der Waals surface area contributed by atoms with Crippen molar-refractivity contribution in [3.63, 3.8) is 0 Å². The molecule has 160 valence electrons.